The fraction of sp³-hybridized carbons (Fsp3) is 0.0698. The molecule has 17 rings (SSSR count). The van der Waals surface area contributed by atoms with Crippen molar-refractivity contribution in [3.63, 3.8) is 0 Å². The third kappa shape index (κ3) is 8.48. The fourth-order valence-electron chi connectivity index (χ4n) is 15.5. The first-order chi connectivity index (χ1) is 46.8. The second-order valence-corrected chi connectivity index (χ2v) is 29.5. The maximum Gasteiger partial charge on any atom is 0.194 e. The predicted octanol–water partition coefficient (Wildman–Crippen LogP) is 21.7. The molecule has 10 heteroatoms. The van der Waals surface area contributed by atoms with Gasteiger partial charge in [-0.1, -0.05) is 180 Å². The first-order valence-electron chi connectivity index (χ1n) is 31.5. The predicted molar refractivity (Wildman–Crippen MR) is 391 cm³/mol. The summed E-state index contributed by atoms with van der Waals surface area (Å²) in [4.78, 5) is 34.1. The van der Waals surface area contributed by atoms with E-state index in [1.807, 2.05) is 48.6 Å². The average Bonchev–Trinajstić information content (AvgIpc) is 1.50. The summed E-state index contributed by atoms with van der Waals surface area (Å²) in [7, 11) is 0. The molecule has 0 radical (unpaired) electrons. The quantitative estimate of drug-likeness (QED) is 0.110. The molecule has 0 amide bonds. The van der Waals surface area contributed by atoms with Crippen molar-refractivity contribution in [1.82, 2.24) is 0 Å². The second kappa shape index (κ2) is 22.1. The van der Waals surface area contributed by atoms with E-state index in [2.05, 4.69) is 210 Å². The summed E-state index contributed by atoms with van der Waals surface area (Å²) in [6.07, 6.45) is 3.68. The zero-order chi connectivity index (χ0) is 65.5. The van der Waals surface area contributed by atoms with Gasteiger partial charge in [-0.3, -0.25) is 9.59 Å². The lowest BCUT2D eigenvalue weighted by atomic mass is 9.65. The molecule has 0 aliphatic heterocycles. The number of Topliss-reactive ketones (excluding diaryl/α,β-unsaturated/α-hetero) is 2. The number of fused-ring (bicyclic) bond motifs is 12. The Balaban J connectivity index is 0.885. The maximum absolute atomic E-state index is 14.1. The lowest BCUT2D eigenvalue weighted by Crippen LogP contribution is -2.30. The number of hydrogen-bond donors (Lipinski definition) is 0. The molecule has 4 heterocycles. The van der Waals surface area contributed by atoms with Gasteiger partial charge in [-0.2, -0.15) is 21.0 Å². The zero-order valence-corrected chi connectivity index (χ0v) is 55.4. The summed E-state index contributed by atoms with van der Waals surface area (Å²) >= 11 is 6.70. The minimum atomic E-state index is -0.804. The van der Waals surface area contributed by atoms with Gasteiger partial charge in [-0.25, -0.2) is 0 Å². The van der Waals surface area contributed by atoms with Crippen LogP contribution in [0.15, 0.2) is 241 Å². The molecule has 4 aliphatic carbocycles. The Kier molecular flexibility index (Phi) is 13.4. The molecule has 0 unspecified atom stereocenters. The van der Waals surface area contributed by atoms with E-state index in [0.717, 1.165) is 82.8 Å². The van der Waals surface area contributed by atoms with Crippen molar-refractivity contribution in [2.24, 2.45) is 0 Å². The van der Waals surface area contributed by atoms with E-state index >= 15 is 0 Å². The van der Waals surface area contributed by atoms with Crippen molar-refractivity contribution >= 4 is 100 Å². The maximum atomic E-state index is 14.1. The van der Waals surface area contributed by atoms with Crippen LogP contribution in [0.3, 0.4) is 0 Å². The molecule has 6 nitrogen and oxygen atoms in total. The summed E-state index contributed by atoms with van der Waals surface area (Å²) in [5.41, 5.74) is 20.7. The van der Waals surface area contributed by atoms with Crippen molar-refractivity contribution in [2.75, 3.05) is 0 Å². The third-order valence-electron chi connectivity index (χ3n) is 19.8. The Morgan fingerprint density at radius 2 is 0.677 bits per heavy atom. The van der Waals surface area contributed by atoms with Crippen molar-refractivity contribution in [3.05, 3.63) is 339 Å². The van der Waals surface area contributed by atoms with Gasteiger partial charge in [0, 0.05) is 72.1 Å². The molecular weight excluding hydrogens is 1250 g/mol. The van der Waals surface area contributed by atoms with Gasteiger partial charge in [0.05, 0.1) is 10.8 Å². The van der Waals surface area contributed by atoms with E-state index in [1.165, 1.54) is 55.6 Å². The number of carbonyl (C=O) groups is 2. The van der Waals surface area contributed by atoms with Crippen molar-refractivity contribution in [3.8, 4) is 66.0 Å². The van der Waals surface area contributed by atoms with Crippen LogP contribution in [0.5, 0.6) is 0 Å². The summed E-state index contributed by atoms with van der Waals surface area (Å²) in [6.45, 7) is 8.60. The van der Waals surface area contributed by atoms with E-state index in [4.69, 9.17) is 0 Å². The van der Waals surface area contributed by atoms with E-state index in [9.17, 15) is 30.6 Å². The summed E-state index contributed by atoms with van der Waals surface area (Å²) in [6, 6.07) is 86.7. The van der Waals surface area contributed by atoms with E-state index in [-0.39, 0.29) is 22.7 Å². The highest BCUT2D eigenvalue weighted by atomic mass is 32.1. The fourth-order valence-corrected chi connectivity index (χ4v) is 19.7. The Bertz CT molecular complexity index is 5460. The molecule has 13 aromatic rings. The number of thiophene rings is 4. The van der Waals surface area contributed by atoms with Gasteiger partial charge in [0.2, 0.25) is 0 Å². The van der Waals surface area contributed by atoms with E-state index in [1.54, 1.807) is 69.6 Å². The molecule has 0 spiro atoms. The van der Waals surface area contributed by atoms with Gasteiger partial charge in [-0.15, -0.1) is 45.3 Å². The number of nitrogens with zero attached hydrogens (tertiary/aromatic N) is 4. The number of carbonyl (C=O) groups excluding carboxylic acids is 2. The van der Waals surface area contributed by atoms with Gasteiger partial charge in [0.25, 0.3) is 0 Å². The molecule has 4 aliphatic rings. The van der Waals surface area contributed by atoms with Crippen LogP contribution < -0.4 is 0 Å². The first kappa shape index (κ1) is 58.4. The number of hydrogen-bond acceptors (Lipinski definition) is 10. The van der Waals surface area contributed by atoms with Crippen LogP contribution in [-0.4, -0.2) is 11.6 Å². The Hall–Kier alpha value is -11.4. The van der Waals surface area contributed by atoms with Crippen molar-refractivity contribution < 1.29 is 9.59 Å². The van der Waals surface area contributed by atoms with Crippen LogP contribution in [-0.2, 0) is 10.8 Å². The second-order valence-electron chi connectivity index (χ2n) is 25.1. The van der Waals surface area contributed by atoms with Crippen molar-refractivity contribution in [2.45, 2.75) is 38.5 Å². The van der Waals surface area contributed by atoms with Gasteiger partial charge in [0.1, 0.15) is 35.4 Å². The van der Waals surface area contributed by atoms with Crippen molar-refractivity contribution in [1.29, 1.82) is 21.0 Å². The molecule has 9 aromatic carbocycles. The highest BCUT2D eigenvalue weighted by Gasteiger charge is 2.53. The van der Waals surface area contributed by atoms with Crippen LogP contribution in [0.25, 0.3) is 85.2 Å². The highest BCUT2D eigenvalue weighted by Crippen LogP contribution is 2.66. The number of allylic oxidation sites excluding steroid dienone is 6. The summed E-state index contributed by atoms with van der Waals surface area (Å²) in [5, 5.41) is 42.8. The summed E-state index contributed by atoms with van der Waals surface area (Å²) < 4.78 is 2.30. The monoisotopic (exact) mass is 1300 g/mol. The zero-order valence-electron chi connectivity index (χ0n) is 52.2. The number of nitriles is 4. The van der Waals surface area contributed by atoms with Crippen LogP contribution in [0, 0.1) is 73.0 Å². The molecule has 0 atom stereocenters. The molecule has 0 fully saturated rings. The molecule has 0 saturated heterocycles. The normalized spacial score (nSPS) is 15.0. The molecule has 0 N–H and O–H groups in total. The topological polar surface area (TPSA) is 129 Å². The standard InChI is InChI=1S/C86H50N4O2S4/c1-47-13-21-53(22-14-47)85(54-23-15-48(2)16-24-54)71-39-66-62-32-36-74-68(42-78(96-74)76-34-30-58(94-76)38-70-80(52(45-89)46-90)60-10-6-8-12-64(60)84(70)92)82(62)86(55-25-17-49(3)18-26-55,56-27-19-50(4)20-28-56)72(66)40-65(71)61-31-35-73-67(81(61)85)41-77(95-73)75-33-29-57(93-75)37-69-79(51(43-87)44-88)59-9-5-7-11-63(59)83(69)91/h5-42H,1-4H3. The van der Waals surface area contributed by atoms with Gasteiger partial charge in [0.15, 0.2) is 11.6 Å². The number of benzene rings is 9. The SMILES string of the molecule is Cc1ccc(C2(c3ccc(C)cc3)c3cc4c(cc3-c3ccc5sc(-c6ccc(C=C7C(=O)c8ccccc8C7=C(C#N)C#N)s6)cc5c32)C(c2ccc(C)cc2)(c2ccc(C)cc2)c2c-4ccc3sc(-c4ccc(C=C5C(=O)c6ccccc6C5=C(C#N)C#N)s4)cc23)cc1. The number of ketones is 2. The first-order valence-corrected chi connectivity index (χ1v) is 34.7. The number of aryl methyl sites for hydroxylation is 4. The van der Waals surface area contributed by atoms with E-state index in [0.29, 0.717) is 44.5 Å². The highest BCUT2D eigenvalue weighted by molar-refractivity contribution is 7.27. The molecule has 0 saturated carbocycles. The Morgan fingerprint density at radius 1 is 0.344 bits per heavy atom. The minimum absolute atomic E-state index is 0.0862. The van der Waals surface area contributed by atoms with Crippen LogP contribution >= 0.6 is 45.3 Å². The van der Waals surface area contributed by atoms with Gasteiger partial charge in [-0.05, 0) is 189 Å². The summed E-state index contributed by atoms with van der Waals surface area (Å²) in [5.74, 6) is -0.404. The van der Waals surface area contributed by atoms with Crippen LogP contribution in [0.4, 0.5) is 0 Å². The van der Waals surface area contributed by atoms with Gasteiger partial charge >= 0.3 is 0 Å². The minimum Gasteiger partial charge on any atom is -0.289 e. The lowest BCUT2D eigenvalue weighted by molar-refractivity contribution is 0.103. The van der Waals surface area contributed by atoms with Gasteiger partial charge < -0.3 is 0 Å². The Morgan fingerprint density at radius 3 is 1.01 bits per heavy atom. The molecular formula is C86H50N4O2S4. The average molecular weight is 1300 g/mol. The number of rotatable bonds is 8. The third-order valence-corrected chi connectivity index (χ3v) is 24.5. The Labute approximate surface area is 570 Å². The molecule has 4 aromatic heterocycles. The smallest absolute Gasteiger partial charge is 0.194 e. The van der Waals surface area contributed by atoms with E-state index < -0.39 is 10.8 Å². The van der Waals surface area contributed by atoms with Crippen LogP contribution in [0.2, 0.25) is 0 Å². The van der Waals surface area contributed by atoms with Crippen LogP contribution in [0.1, 0.15) is 108 Å². The molecule has 450 valence electrons. The lowest BCUT2D eigenvalue weighted by Gasteiger charge is -2.36. The molecule has 0 bridgehead atoms. The molecule has 96 heavy (non-hydrogen) atoms. The largest absolute Gasteiger partial charge is 0.289 e.